The molecule has 2 rings (SSSR count). The van der Waals surface area contributed by atoms with Crippen LogP contribution in [0.15, 0.2) is 0 Å². The van der Waals surface area contributed by atoms with E-state index >= 15 is 0 Å². The predicted molar refractivity (Wildman–Crippen MR) is 63.3 cm³/mol. The number of carbonyl (C=O) groups is 2. The summed E-state index contributed by atoms with van der Waals surface area (Å²) in [5, 5.41) is 0. The Balaban J connectivity index is 1.82. The van der Waals surface area contributed by atoms with Crippen LogP contribution in [0.5, 0.6) is 0 Å². The molecule has 0 aromatic rings. The lowest BCUT2D eigenvalue weighted by molar-refractivity contribution is -0.147. The van der Waals surface area contributed by atoms with E-state index in [1.54, 1.807) is 0 Å². The molecular weight excluding hydrogens is 218 g/mol. The predicted octanol–water partition coefficient (Wildman–Crippen LogP) is 1.73. The van der Waals surface area contributed by atoms with E-state index in [1.807, 2.05) is 4.90 Å². The summed E-state index contributed by atoms with van der Waals surface area (Å²) in [6.07, 6.45) is 7.45. The maximum atomic E-state index is 11.8. The zero-order valence-electron chi connectivity index (χ0n) is 10.5. The SMILES string of the molecule is COC(=O)CC(=O)N1CCC2(CCCC2)CC1. The molecule has 0 aromatic heterocycles. The van der Waals surface area contributed by atoms with Gasteiger partial charge in [0.2, 0.25) is 5.91 Å². The summed E-state index contributed by atoms with van der Waals surface area (Å²) in [5.74, 6) is -0.513. The number of likely N-dealkylation sites (tertiary alicyclic amines) is 1. The van der Waals surface area contributed by atoms with Crippen LogP contribution in [0.4, 0.5) is 0 Å². The molecule has 1 aliphatic heterocycles. The Morgan fingerprint density at radius 2 is 1.71 bits per heavy atom. The van der Waals surface area contributed by atoms with E-state index in [0.717, 1.165) is 25.9 Å². The fourth-order valence-corrected chi connectivity index (χ4v) is 3.16. The molecule has 1 amide bonds. The van der Waals surface area contributed by atoms with Crippen molar-refractivity contribution in [1.82, 2.24) is 4.90 Å². The molecule has 0 radical (unpaired) electrons. The third-order valence-electron chi connectivity index (χ3n) is 4.36. The number of hydrogen-bond donors (Lipinski definition) is 0. The van der Waals surface area contributed by atoms with Crippen molar-refractivity contribution in [3.05, 3.63) is 0 Å². The number of nitrogens with zero attached hydrogens (tertiary/aromatic N) is 1. The summed E-state index contributed by atoms with van der Waals surface area (Å²) in [4.78, 5) is 24.7. The monoisotopic (exact) mass is 239 g/mol. The minimum atomic E-state index is -0.434. The van der Waals surface area contributed by atoms with Crippen LogP contribution >= 0.6 is 0 Å². The number of rotatable bonds is 2. The highest BCUT2D eigenvalue weighted by Gasteiger charge is 2.38. The summed E-state index contributed by atoms with van der Waals surface area (Å²) < 4.78 is 4.52. The van der Waals surface area contributed by atoms with Crippen LogP contribution in [0.3, 0.4) is 0 Å². The Hall–Kier alpha value is -1.06. The molecular formula is C13H21NO3. The first-order chi connectivity index (χ1) is 8.15. The average molecular weight is 239 g/mol. The Morgan fingerprint density at radius 3 is 2.24 bits per heavy atom. The van der Waals surface area contributed by atoms with E-state index in [4.69, 9.17) is 0 Å². The van der Waals surface area contributed by atoms with Gasteiger partial charge in [-0.15, -0.1) is 0 Å². The van der Waals surface area contributed by atoms with Crippen LogP contribution in [0.25, 0.3) is 0 Å². The number of carbonyl (C=O) groups excluding carboxylic acids is 2. The van der Waals surface area contributed by atoms with E-state index in [9.17, 15) is 9.59 Å². The topological polar surface area (TPSA) is 46.6 Å². The second-order valence-corrected chi connectivity index (χ2v) is 5.34. The standard InChI is InChI=1S/C13H21NO3/c1-17-12(16)10-11(15)14-8-6-13(7-9-14)4-2-3-5-13/h2-10H2,1H3. The van der Waals surface area contributed by atoms with Crippen molar-refractivity contribution in [2.75, 3.05) is 20.2 Å². The zero-order chi connectivity index (χ0) is 12.3. The van der Waals surface area contributed by atoms with Crippen molar-refractivity contribution in [3.8, 4) is 0 Å². The van der Waals surface area contributed by atoms with Crippen LogP contribution in [0, 0.1) is 5.41 Å². The molecule has 2 fully saturated rings. The van der Waals surface area contributed by atoms with Crippen molar-refractivity contribution < 1.29 is 14.3 Å². The summed E-state index contributed by atoms with van der Waals surface area (Å²) in [6, 6.07) is 0. The molecule has 0 atom stereocenters. The molecule has 1 spiro atoms. The lowest BCUT2D eigenvalue weighted by Crippen LogP contribution is -2.42. The first-order valence-corrected chi connectivity index (χ1v) is 6.50. The van der Waals surface area contributed by atoms with Crippen molar-refractivity contribution in [2.24, 2.45) is 5.41 Å². The highest BCUT2D eigenvalue weighted by Crippen LogP contribution is 2.46. The van der Waals surface area contributed by atoms with E-state index < -0.39 is 5.97 Å². The van der Waals surface area contributed by atoms with Crippen LogP contribution in [0.1, 0.15) is 44.9 Å². The summed E-state index contributed by atoms with van der Waals surface area (Å²) in [6.45, 7) is 1.63. The molecule has 0 aromatic carbocycles. The minimum Gasteiger partial charge on any atom is -0.469 e. The zero-order valence-corrected chi connectivity index (χ0v) is 10.5. The maximum absolute atomic E-state index is 11.8. The Bertz CT molecular complexity index is 298. The highest BCUT2D eigenvalue weighted by molar-refractivity contribution is 5.94. The number of amides is 1. The molecule has 0 N–H and O–H groups in total. The molecule has 1 heterocycles. The van der Waals surface area contributed by atoms with Crippen LogP contribution in [-0.4, -0.2) is 37.0 Å². The fourth-order valence-electron chi connectivity index (χ4n) is 3.16. The summed E-state index contributed by atoms with van der Waals surface area (Å²) >= 11 is 0. The Labute approximate surface area is 102 Å². The number of esters is 1. The normalized spacial score (nSPS) is 22.8. The number of ether oxygens (including phenoxy) is 1. The lowest BCUT2D eigenvalue weighted by Gasteiger charge is -2.39. The van der Waals surface area contributed by atoms with Gasteiger partial charge in [0.15, 0.2) is 0 Å². The quantitative estimate of drug-likeness (QED) is 0.544. The van der Waals surface area contributed by atoms with Gasteiger partial charge in [0.25, 0.3) is 0 Å². The van der Waals surface area contributed by atoms with Gasteiger partial charge < -0.3 is 9.64 Å². The Morgan fingerprint density at radius 1 is 1.12 bits per heavy atom. The van der Waals surface area contributed by atoms with Crippen molar-refractivity contribution >= 4 is 11.9 Å². The first-order valence-electron chi connectivity index (χ1n) is 6.50. The number of piperidine rings is 1. The van der Waals surface area contributed by atoms with E-state index in [2.05, 4.69) is 4.74 Å². The third kappa shape index (κ3) is 2.79. The van der Waals surface area contributed by atoms with Crippen molar-refractivity contribution in [3.63, 3.8) is 0 Å². The molecule has 4 nitrogen and oxygen atoms in total. The van der Waals surface area contributed by atoms with Gasteiger partial charge in [-0.2, -0.15) is 0 Å². The van der Waals surface area contributed by atoms with E-state index in [-0.39, 0.29) is 12.3 Å². The third-order valence-corrected chi connectivity index (χ3v) is 4.36. The van der Waals surface area contributed by atoms with Gasteiger partial charge in [0, 0.05) is 13.1 Å². The van der Waals surface area contributed by atoms with Crippen molar-refractivity contribution in [2.45, 2.75) is 44.9 Å². The smallest absolute Gasteiger partial charge is 0.315 e. The van der Waals surface area contributed by atoms with Crippen LogP contribution in [0.2, 0.25) is 0 Å². The van der Waals surface area contributed by atoms with Crippen LogP contribution in [-0.2, 0) is 14.3 Å². The molecule has 17 heavy (non-hydrogen) atoms. The van der Waals surface area contributed by atoms with E-state index in [0.29, 0.717) is 5.41 Å². The molecule has 96 valence electrons. The number of hydrogen-bond acceptors (Lipinski definition) is 3. The average Bonchev–Trinajstić information content (AvgIpc) is 2.78. The van der Waals surface area contributed by atoms with Gasteiger partial charge in [-0.25, -0.2) is 0 Å². The molecule has 4 heteroatoms. The molecule has 2 aliphatic rings. The van der Waals surface area contributed by atoms with Gasteiger partial charge in [-0.1, -0.05) is 12.8 Å². The molecule has 1 saturated carbocycles. The summed E-state index contributed by atoms with van der Waals surface area (Å²) in [7, 11) is 1.32. The highest BCUT2D eigenvalue weighted by atomic mass is 16.5. The molecule has 1 saturated heterocycles. The maximum Gasteiger partial charge on any atom is 0.315 e. The second kappa shape index (κ2) is 5.07. The summed E-state index contributed by atoms with van der Waals surface area (Å²) in [5.41, 5.74) is 0.516. The second-order valence-electron chi connectivity index (χ2n) is 5.34. The van der Waals surface area contributed by atoms with Gasteiger partial charge in [0.1, 0.15) is 6.42 Å². The van der Waals surface area contributed by atoms with Crippen LogP contribution < -0.4 is 0 Å². The first kappa shape index (κ1) is 12.4. The Kier molecular flexibility index (Phi) is 3.69. The molecule has 0 bridgehead atoms. The van der Waals surface area contributed by atoms with Gasteiger partial charge >= 0.3 is 5.97 Å². The van der Waals surface area contributed by atoms with Gasteiger partial charge in [-0.3, -0.25) is 9.59 Å². The van der Waals surface area contributed by atoms with Crippen molar-refractivity contribution in [1.29, 1.82) is 0 Å². The van der Waals surface area contributed by atoms with E-state index in [1.165, 1.54) is 32.8 Å². The molecule has 1 aliphatic carbocycles. The van der Waals surface area contributed by atoms with Gasteiger partial charge in [-0.05, 0) is 31.1 Å². The molecule has 0 unspecified atom stereocenters. The fraction of sp³-hybridized carbons (Fsp3) is 0.846. The minimum absolute atomic E-state index is 0.0790. The van der Waals surface area contributed by atoms with Gasteiger partial charge in [0.05, 0.1) is 7.11 Å². The lowest BCUT2D eigenvalue weighted by atomic mass is 9.77. The largest absolute Gasteiger partial charge is 0.469 e. The number of methoxy groups -OCH3 is 1.